The molecule has 0 aliphatic carbocycles. The highest BCUT2D eigenvalue weighted by molar-refractivity contribution is 6.34. The largest absolute Gasteiger partial charge is 0.494 e. The molecule has 5 heteroatoms. The Bertz CT molecular complexity index is 760. The molecule has 0 saturated heterocycles. The number of halogens is 1. The van der Waals surface area contributed by atoms with E-state index in [1.165, 1.54) is 0 Å². The maximum Gasteiger partial charge on any atom is 0.253 e. The van der Waals surface area contributed by atoms with Crippen LogP contribution >= 0.6 is 11.6 Å². The number of ether oxygens (including phenoxy) is 2. The van der Waals surface area contributed by atoms with Crippen molar-refractivity contribution >= 4 is 17.5 Å². The third-order valence-electron chi connectivity index (χ3n) is 4.07. The van der Waals surface area contributed by atoms with Gasteiger partial charge in [-0.3, -0.25) is 4.79 Å². The van der Waals surface area contributed by atoms with Gasteiger partial charge in [-0.25, -0.2) is 0 Å². The Morgan fingerprint density at radius 3 is 3.00 bits per heavy atom. The van der Waals surface area contributed by atoms with Gasteiger partial charge in [0, 0.05) is 12.0 Å². The minimum atomic E-state index is -0.177. The molecule has 4 nitrogen and oxygen atoms in total. The first kappa shape index (κ1) is 16.7. The van der Waals surface area contributed by atoms with Crippen molar-refractivity contribution < 1.29 is 14.3 Å². The number of hydrogen-bond acceptors (Lipinski definition) is 3. The summed E-state index contributed by atoms with van der Waals surface area (Å²) >= 11 is 6.27. The van der Waals surface area contributed by atoms with Crippen molar-refractivity contribution in [1.29, 1.82) is 0 Å². The summed E-state index contributed by atoms with van der Waals surface area (Å²) in [6, 6.07) is 11.0. The van der Waals surface area contributed by atoms with E-state index in [0.29, 0.717) is 30.2 Å². The number of amides is 1. The van der Waals surface area contributed by atoms with Gasteiger partial charge in [0.2, 0.25) is 0 Å². The van der Waals surface area contributed by atoms with Crippen LogP contribution in [0.1, 0.15) is 40.9 Å². The van der Waals surface area contributed by atoms with Gasteiger partial charge in [-0.15, -0.1) is 0 Å². The van der Waals surface area contributed by atoms with Gasteiger partial charge in [0.05, 0.1) is 29.8 Å². The van der Waals surface area contributed by atoms with Gasteiger partial charge in [0.25, 0.3) is 5.91 Å². The molecule has 126 valence electrons. The Kier molecular flexibility index (Phi) is 4.95. The van der Waals surface area contributed by atoms with Gasteiger partial charge in [0.15, 0.2) is 0 Å². The number of nitrogens with one attached hydrogen (secondary N) is 1. The van der Waals surface area contributed by atoms with Gasteiger partial charge in [-0.05, 0) is 43.7 Å². The molecule has 1 atom stereocenters. The molecule has 3 rings (SSSR count). The Morgan fingerprint density at radius 1 is 1.38 bits per heavy atom. The summed E-state index contributed by atoms with van der Waals surface area (Å²) in [6.07, 6.45) is 0.706. The van der Waals surface area contributed by atoms with Crippen molar-refractivity contribution in [2.75, 3.05) is 13.2 Å². The van der Waals surface area contributed by atoms with E-state index in [1.807, 2.05) is 44.2 Å². The third-order valence-corrected chi connectivity index (χ3v) is 4.58. The van der Waals surface area contributed by atoms with E-state index >= 15 is 0 Å². The van der Waals surface area contributed by atoms with E-state index in [4.69, 9.17) is 21.1 Å². The van der Waals surface area contributed by atoms with Crippen LogP contribution < -0.4 is 14.8 Å². The van der Waals surface area contributed by atoms with Crippen LogP contribution in [0, 0.1) is 6.92 Å². The van der Waals surface area contributed by atoms with Gasteiger partial charge in [0.1, 0.15) is 11.5 Å². The van der Waals surface area contributed by atoms with Crippen molar-refractivity contribution in [3.63, 3.8) is 0 Å². The van der Waals surface area contributed by atoms with Crippen LogP contribution in [-0.2, 0) is 0 Å². The van der Waals surface area contributed by atoms with Crippen LogP contribution in [0.2, 0.25) is 5.02 Å². The number of hydrogen-bond donors (Lipinski definition) is 1. The molecule has 1 aliphatic heterocycles. The predicted octanol–water partition coefficient (Wildman–Crippen LogP) is 4.30. The fourth-order valence-corrected chi connectivity index (χ4v) is 3.05. The van der Waals surface area contributed by atoms with Gasteiger partial charge in [-0.1, -0.05) is 23.7 Å². The molecule has 0 radical (unpaired) electrons. The Morgan fingerprint density at radius 2 is 2.21 bits per heavy atom. The first-order valence-electron chi connectivity index (χ1n) is 8.05. The molecule has 0 saturated carbocycles. The highest BCUT2D eigenvalue weighted by Crippen LogP contribution is 2.35. The SMILES string of the molecule is CCOc1ccc2c(c1)C(NC(=O)c1cccc(C)c1Cl)CCO2. The topological polar surface area (TPSA) is 47.6 Å². The highest BCUT2D eigenvalue weighted by atomic mass is 35.5. The first-order valence-corrected chi connectivity index (χ1v) is 8.43. The molecule has 24 heavy (non-hydrogen) atoms. The lowest BCUT2D eigenvalue weighted by Gasteiger charge is -2.27. The quantitative estimate of drug-likeness (QED) is 0.898. The summed E-state index contributed by atoms with van der Waals surface area (Å²) in [7, 11) is 0. The summed E-state index contributed by atoms with van der Waals surface area (Å²) in [4.78, 5) is 12.6. The van der Waals surface area contributed by atoms with Crippen LogP contribution in [0.5, 0.6) is 11.5 Å². The lowest BCUT2D eigenvalue weighted by atomic mass is 9.99. The minimum Gasteiger partial charge on any atom is -0.494 e. The van der Waals surface area contributed by atoms with Crippen molar-refractivity contribution in [2.24, 2.45) is 0 Å². The second kappa shape index (κ2) is 7.14. The predicted molar refractivity (Wildman–Crippen MR) is 94.1 cm³/mol. The molecule has 1 amide bonds. The number of aryl methyl sites for hydroxylation is 1. The Balaban J connectivity index is 1.85. The molecule has 1 aliphatic rings. The second-order valence-corrected chi connectivity index (χ2v) is 6.11. The van der Waals surface area contributed by atoms with Crippen LogP contribution in [-0.4, -0.2) is 19.1 Å². The highest BCUT2D eigenvalue weighted by Gasteiger charge is 2.25. The van der Waals surface area contributed by atoms with Gasteiger partial charge >= 0.3 is 0 Å². The molecule has 0 aromatic heterocycles. The van der Waals surface area contributed by atoms with Crippen molar-refractivity contribution in [3.05, 3.63) is 58.1 Å². The molecular formula is C19H20ClNO3. The lowest BCUT2D eigenvalue weighted by Crippen LogP contribution is -2.32. The molecule has 0 spiro atoms. The molecule has 0 bridgehead atoms. The fourth-order valence-electron chi connectivity index (χ4n) is 2.84. The Hall–Kier alpha value is -2.20. The first-order chi connectivity index (χ1) is 11.6. The van der Waals surface area contributed by atoms with Crippen molar-refractivity contribution in [3.8, 4) is 11.5 Å². The zero-order valence-electron chi connectivity index (χ0n) is 13.8. The van der Waals surface area contributed by atoms with Crippen LogP contribution in [0.15, 0.2) is 36.4 Å². The molecule has 1 unspecified atom stereocenters. The number of fused-ring (bicyclic) bond motifs is 1. The Labute approximate surface area is 146 Å². The van der Waals surface area contributed by atoms with Gasteiger partial charge < -0.3 is 14.8 Å². The monoisotopic (exact) mass is 345 g/mol. The molecule has 1 N–H and O–H groups in total. The molecule has 0 fully saturated rings. The lowest BCUT2D eigenvalue weighted by molar-refractivity contribution is 0.0924. The number of carbonyl (C=O) groups is 1. The smallest absolute Gasteiger partial charge is 0.253 e. The summed E-state index contributed by atoms with van der Waals surface area (Å²) in [5.74, 6) is 1.38. The molecular weight excluding hydrogens is 326 g/mol. The summed E-state index contributed by atoms with van der Waals surface area (Å²) in [5.41, 5.74) is 2.31. The summed E-state index contributed by atoms with van der Waals surface area (Å²) in [6.45, 7) is 4.98. The van der Waals surface area contributed by atoms with Crippen LogP contribution in [0.25, 0.3) is 0 Å². The number of carbonyl (C=O) groups excluding carboxylic acids is 1. The van der Waals surface area contributed by atoms with E-state index in [-0.39, 0.29) is 11.9 Å². The minimum absolute atomic E-state index is 0.127. The molecule has 1 heterocycles. The van der Waals surface area contributed by atoms with Crippen molar-refractivity contribution in [1.82, 2.24) is 5.32 Å². The maximum absolute atomic E-state index is 12.6. The van der Waals surface area contributed by atoms with Crippen molar-refractivity contribution in [2.45, 2.75) is 26.3 Å². The fraction of sp³-hybridized carbons (Fsp3) is 0.316. The zero-order chi connectivity index (χ0) is 17.1. The number of benzene rings is 2. The number of rotatable bonds is 4. The van der Waals surface area contributed by atoms with Crippen LogP contribution in [0.3, 0.4) is 0 Å². The molecule has 2 aromatic rings. The van der Waals surface area contributed by atoms with E-state index in [0.717, 1.165) is 22.6 Å². The molecule has 2 aromatic carbocycles. The average Bonchev–Trinajstić information content (AvgIpc) is 2.58. The third kappa shape index (κ3) is 3.34. The van der Waals surface area contributed by atoms with Crippen LogP contribution in [0.4, 0.5) is 0 Å². The standard InChI is InChI=1S/C19H20ClNO3/c1-3-23-13-7-8-17-15(11-13)16(9-10-24-17)21-19(22)14-6-4-5-12(2)18(14)20/h4-8,11,16H,3,9-10H2,1-2H3,(H,21,22). The van der Waals surface area contributed by atoms with E-state index in [1.54, 1.807) is 6.07 Å². The van der Waals surface area contributed by atoms with E-state index in [9.17, 15) is 4.79 Å². The zero-order valence-corrected chi connectivity index (χ0v) is 14.5. The summed E-state index contributed by atoms with van der Waals surface area (Å²) < 4.78 is 11.2. The van der Waals surface area contributed by atoms with Gasteiger partial charge in [-0.2, -0.15) is 0 Å². The normalized spacial score (nSPS) is 16.0. The summed E-state index contributed by atoms with van der Waals surface area (Å²) in [5, 5.41) is 3.56. The van der Waals surface area contributed by atoms with E-state index in [2.05, 4.69) is 5.32 Å². The maximum atomic E-state index is 12.6. The second-order valence-electron chi connectivity index (χ2n) is 5.73. The average molecular weight is 346 g/mol. The van der Waals surface area contributed by atoms with E-state index < -0.39 is 0 Å².